The number of rotatable bonds is 5. The fraction of sp³-hybridized carbons (Fsp3) is 0.455. The third-order valence-electron chi connectivity index (χ3n) is 2.13. The van der Waals surface area contributed by atoms with Crippen LogP contribution < -0.4 is 5.32 Å². The summed E-state index contributed by atoms with van der Waals surface area (Å²) in [5, 5.41) is 21.1. The Hall–Kier alpha value is -1.40. The van der Waals surface area contributed by atoms with E-state index in [1.165, 1.54) is 0 Å². The first-order valence-electron chi connectivity index (χ1n) is 5.56. The number of nitrogens with one attached hydrogen (secondary N) is 1. The average Bonchev–Trinajstić information content (AvgIpc) is 2.78. The summed E-state index contributed by atoms with van der Waals surface area (Å²) >= 11 is 1.59. The average molecular weight is 249 g/mol. The van der Waals surface area contributed by atoms with Gasteiger partial charge in [0.1, 0.15) is 10.0 Å². The van der Waals surface area contributed by atoms with Gasteiger partial charge in [-0.15, -0.1) is 10.2 Å². The SMILES string of the molecule is CC(C)CNCc1nnc(-c2ccnnc2)s1. The first-order chi connectivity index (χ1) is 8.25. The zero-order valence-corrected chi connectivity index (χ0v) is 10.7. The minimum atomic E-state index is 0.645. The van der Waals surface area contributed by atoms with Gasteiger partial charge in [0.25, 0.3) is 0 Å². The first kappa shape index (κ1) is 12.1. The molecule has 0 aliphatic carbocycles. The molecule has 2 heterocycles. The van der Waals surface area contributed by atoms with Crippen molar-refractivity contribution < 1.29 is 0 Å². The number of hydrogen-bond acceptors (Lipinski definition) is 6. The van der Waals surface area contributed by atoms with Crippen LogP contribution in [0.4, 0.5) is 0 Å². The molecule has 0 aliphatic heterocycles. The monoisotopic (exact) mass is 249 g/mol. The third kappa shape index (κ3) is 3.54. The van der Waals surface area contributed by atoms with E-state index in [0.29, 0.717) is 5.92 Å². The summed E-state index contributed by atoms with van der Waals surface area (Å²) in [4.78, 5) is 0. The predicted octanol–water partition coefficient (Wildman–Crippen LogP) is 1.74. The second-order valence-corrected chi connectivity index (χ2v) is 5.22. The van der Waals surface area contributed by atoms with Gasteiger partial charge in [-0.3, -0.25) is 0 Å². The molecule has 6 heteroatoms. The smallest absolute Gasteiger partial charge is 0.149 e. The van der Waals surface area contributed by atoms with Crippen LogP contribution in [0.1, 0.15) is 18.9 Å². The summed E-state index contributed by atoms with van der Waals surface area (Å²) < 4.78 is 0. The lowest BCUT2D eigenvalue weighted by Gasteiger charge is -2.03. The van der Waals surface area contributed by atoms with Crippen LogP contribution in [0.2, 0.25) is 0 Å². The molecule has 0 unspecified atom stereocenters. The van der Waals surface area contributed by atoms with Crippen LogP contribution in [-0.4, -0.2) is 26.9 Å². The highest BCUT2D eigenvalue weighted by atomic mass is 32.1. The minimum absolute atomic E-state index is 0.645. The van der Waals surface area contributed by atoms with E-state index in [9.17, 15) is 0 Å². The summed E-state index contributed by atoms with van der Waals surface area (Å²) in [6.07, 6.45) is 3.36. The first-order valence-corrected chi connectivity index (χ1v) is 6.37. The number of nitrogens with zero attached hydrogens (tertiary/aromatic N) is 4. The Bertz CT molecular complexity index is 454. The van der Waals surface area contributed by atoms with Crippen molar-refractivity contribution in [2.24, 2.45) is 5.92 Å². The lowest BCUT2D eigenvalue weighted by molar-refractivity contribution is 0.550. The third-order valence-corrected chi connectivity index (χ3v) is 3.10. The van der Waals surface area contributed by atoms with Crippen molar-refractivity contribution in [3.05, 3.63) is 23.5 Å². The molecule has 0 saturated carbocycles. The van der Waals surface area contributed by atoms with Gasteiger partial charge in [0.2, 0.25) is 0 Å². The topological polar surface area (TPSA) is 63.6 Å². The van der Waals surface area contributed by atoms with Gasteiger partial charge >= 0.3 is 0 Å². The molecule has 0 aromatic carbocycles. The standard InChI is InChI=1S/C11H15N5S/c1-8(2)5-12-7-10-15-16-11(17-10)9-3-4-13-14-6-9/h3-4,6,8,12H,5,7H2,1-2H3. The molecule has 0 radical (unpaired) electrons. The van der Waals surface area contributed by atoms with Crippen molar-refractivity contribution in [3.8, 4) is 10.6 Å². The van der Waals surface area contributed by atoms with Crippen LogP contribution in [0.25, 0.3) is 10.6 Å². The van der Waals surface area contributed by atoms with E-state index in [1.54, 1.807) is 23.7 Å². The maximum Gasteiger partial charge on any atom is 0.149 e. The molecule has 2 rings (SSSR count). The molecule has 2 aromatic rings. The summed E-state index contributed by atoms with van der Waals surface area (Å²) in [5.74, 6) is 0.645. The lowest BCUT2D eigenvalue weighted by Crippen LogP contribution is -2.18. The summed E-state index contributed by atoms with van der Waals surface area (Å²) in [5.41, 5.74) is 0.965. The molecule has 0 spiro atoms. The second-order valence-electron chi connectivity index (χ2n) is 4.16. The normalized spacial score (nSPS) is 11.0. The van der Waals surface area contributed by atoms with Crippen molar-refractivity contribution in [1.82, 2.24) is 25.7 Å². The fourth-order valence-electron chi connectivity index (χ4n) is 1.33. The Morgan fingerprint density at radius 3 is 2.88 bits per heavy atom. The molecule has 0 bridgehead atoms. The van der Waals surface area contributed by atoms with Gasteiger partial charge in [0.15, 0.2) is 0 Å². The van der Waals surface area contributed by atoms with E-state index in [2.05, 4.69) is 39.6 Å². The maximum absolute atomic E-state index is 4.15. The molecule has 5 nitrogen and oxygen atoms in total. The molecular formula is C11H15N5S. The molecule has 0 amide bonds. The van der Waals surface area contributed by atoms with Crippen LogP contribution in [0.3, 0.4) is 0 Å². The molecular weight excluding hydrogens is 234 g/mol. The highest BCUT2D eigenvalue weighted by Crippen LogP contribution is 2.21. The molecule has 17 heavy (non-hydrogen) atoms. The molecule has 90 valence electrons. The summed E-state index contributed by atoms with van der Waals surface area (Å²) in [6.45, 7) is 6.13. The van der Waals surface area contributed by atoms with Crippen LogP contribution in [-0.2, 0) is 6.54 Å². The zero-order chi connectivity index (χ0) is 12.1. The number of aromatic nitrogens is 4. The summed E-state index contributed by atoms with van der Waals surface area (Å²) in [6, 6.07) is 1.89. The molecule has 0 aliphatic rings. The highest BCUT2D eigenvalue weighted by Gasteiger charge is 2.06. The van der Waals surface area contributed by atoms with Crippen LogP contribution in [0, 0.1) is 5.92 Å². The Kier molecular flexibility index (Phi) is 4.11. The molecule has 1 N–H and O–H groups in total. The van der Waals surface area contributed by atoms with Crippen LogP contribution in [0.5, 0.6) is 0 Å². The van der Waals surface area contributed by atoms with Crippen molar-refractivity contribution in [1.29, 1.82) is 0 Å². The Morgan fingerprint density at radius 2 is 2.18 bits per heavy atom. The predicted molar refractivity (Wildman–Crippen MR) is 67.5 cm³/mol. The van der Waals surface area contributed by atoms with Crippen molar-refractivity contribution >= 4 is 11.3 Å². The van der Waals surface area contributed by atoms with Crippen molar-refractivity contribution in [2.75, 3.05) is 6.54 Å². The van der Waals surface area contributed by atoms with Gasteiger partial charge < -0.3 is 5.32 Å². The quantitative estimate of drug-likeness (QED) is 0.874. The fourth-order valence-corrected chi connectivity index (χ4v) is 2.13. The van der Waals surface area contributed by atoms with Gasteiger partial charge in [-0.2, -0.15) is 10.2 Å². The zero-order valence-electron chi connectivity index (χ0n) is 9.92. The van der Waals surface area contributed by atoms with Crippen LogP contribution in [0.15, 0.2) is 18.5 Å². The Balaban J connectivity index is 1.97. The molecule has 0 saturated heterocycles. The van der Waals surface area contributed by atoms with Crippen molar-refractivity contribution in [3.63, 3.8) is 0 Å². The molecule has 0 fully saturated rings. The van der Waals surface area contributed by atoms with Gasteiger partial charge in [0.05, 0.1) is 12.4 Å². The van der Waals surface area contributed by atoms with Gasteiger partial charge in [-0.25, -0.2) is 0 Å². The number of hydrogen-bond donors (Lipinski definition) is 1. The molecule has 2 aromatic heterocycles. The van der Waals surface area contributed by atoms with E-state index in [0.717, 1.165) is 28.7 Å². The van der Waals surface area contributed by atoms with E-state index >= 15 is 0 Å². The van der Waals surface area contributed by atoms with E-state index in [-0.39, 0.29) is 0 Å². The van der Waals surface area contributed by atoms with Gasteiger partial charge in [-0.1, -0.05) is 25.2 Å². The maximum atomic E-state index is 4.15. The summed E-state index contributed by atoms with van der Waals surface area (Å²) in [7, 11) is 0. The van der Waals surface area contributed by atoms with E-state index in [1.807, 2.05) is 6.07 Å². The Morgan fingerprint density at radius 1 is 1.29 bits per heavy atom. The van der Waals surface area contributed by atoms with E-state index < -0.39 is 0 Å². The van der Waals surface area contributed by atoms with E-state index in [4.69, 9.17) is 0 Å². The van der Waals surface area contributed by atoms with Gasteiger partial charge in [0, 0.05) is 12.1 Å². The highest BCUT2D eigenvalue weighted by molar-refractivity contribution is 7.14. The van der Waals surface area contributed by atoms with Crippen molar-refractivity contribution in [2.45, 2.75) is 20.4 Å². The second kappa shape index (κ2) is 5.79. The minimum Gasteiger partial charge on any atom is -0.310 e. The van der Waals surface area contributed by atoms with Crippen LogP contribution >= 0.6 is 11.3 Å². The van der Waals surface area contributed by atoms with Gasteiger partial charge in [-0.05, 0) is 18.5 Å². The molecule has 0 atom stereocenters. The lowest BCUT2D eigenvalue weighted by atomic mass is 10.2. The Labute approximate surface area is 104 Å². The largest absolute Gasteiger partial charge is 0.310 e.